The highest BCUT2D eigenvalue weighted by Crippen LogP contribution is 2.26. The lowest BCUT2D eigenvalue weighted by atomic mass is 10.0. The molecule has 0 bridgehead atoms. The summed E-state index contributed by atoms with van der Waals surface area (Å²) in [5, 5.41) is 19.3. The zero-order chi connectivity index (χ0) is 20.0. The molecule has 0 saturated heterocycles. The number of hydrogen-bond donors (Lipinski definition) is 2. The standard InChI is InChI=1S/C22H22O5/c1-14-10-17(11-15(2)22(14)26)5-8-19(24)13-18(23)7-4-16-6-9-20(25)21(12-16)27-3/h4-12,25-26H,13H2,1-3H3/b7-4+,8-5+. The monoisotopic (exact) mass is 366 g/mol. The van der Waals surface area contributed by atoms with Crippen molar-refractivity contribution in [1.29, 1.82) is 0 Å². The van der Waals surface area contributed by atoms with Crippen molar-refractivity contribution in [1.82, 2.24) is 0 Å². The summed E-state index contributed by atoms with van der Waals surface area (Å²) in [5.41, 5.74) is 2.92. The van der Waals surface area contributed by atoms with Gasteiger partial charge in [0, 0.05) is 0 Å². The molecule has 0 saturated carbocycles. The van der Waals surface area contributed by atoms with Gasteiger partial charge in [-0.1, -0.05) is 18.2 Å². The Morgan fingerprint density at radius 3 is 2.04 bits per heavy atom. The molecule has 0 aliphatic rings. The maximum absolute atomic E-state index is 12.0. The van der Waals surface area contributed by atoms with E-state index in [0.717, 1.165) is 16.7 Å². The lowest BCUT2D eigenvalue weighted by molar-refractivity contribution is -0.121. The summed E-state index contributed by atoms with van der Waals surface area (Å²) < 4.78 is 5.01. The van der Waals surface area contributed by atoms with Gasteiger partial charge in [0.2, 0.25) is 0 Å². The third-order valence-electron chi connectivity index (χ3n) is 3.99. The van der Waals surface area contributed by atoms with Crippen LogP contribution in [-0.4, -0.2) is 28.9 Å². The van der Waals surface area contributed by atoms with Crippen molar-refractivity contribution >= 4 is 23.7 Å². The molecule has 0 unspecified atom stereocenters. The number of ether oxygens (including phenoxy) is 1. The Balaban J connectivity index is 1.98. The smallest absolute Gasteiger partial charge is 0.163 e. The first-order valence-corrected chi connectivity index (χ1v) is 8.39. The van der Waals surface area contributed by atoms with Crippen LogP contribution in [0.4, 0.5) is 0 Å². The molecule has 0 heterocycles. The van der Waals surface area contributed by atoms with Crippen LogP contribution in [0.2, 0.25) is 0 Å². The van der Waals surface area contributed by atoms with Crippen molar-refractivity contribution in [2.24, 2.45) is 0 Å². The first-order chi connectivity index (χ1) is 12.8. The normalized spacial score (nSPS) is 11.2. The van der Waals surface area contributed by atoms with Crippen LogP contribution in [0.25, 0.3) is 12.2 Å². The molecule has 2 aromatic carbocycles. The summed E-state index contributed by atoms with van der Waals surface area (Å²) >= 11 is 0. The number of aromatic hydroxyl groups is 2. The van der Waals surface area contributed by atoms with Crippen LogP contribution in [0.3, 0.4) is 0 Å². The summed E-state index contributed by atoms with van der Waals surface area (Å²) in [6.07, 6.45) is 5.64. The molecule has 140 valence electrons. The SMILES string of the molecule is COc1cc(/C=C/C(=O)CC(=O)/C=C/c2cc(C)c(O)c(C)c2)ccc1O. The third-order valence-corrected chi connectivity index (χ3v) is 3.99. The first kappa shape index (κ1) is 20.0. The van der Waals surface area contributed by atoms with Gasteiger partial charge >= 0.3 is 0 Å². The second kappa shape index (κ2) is 8.85. The molecule has 5 heteroatoms. The van der Waals surface area contributed by atoms with Crippen LogP contribution in [0.15, 0.2) is 42.5 Å². The molecule has 0 aliphatic carbocycles. The molecule has 2 rings (SSSR count). The Bertz CT molecular complexity index is 899. The number of allylic oxidation sites excluding steroid dienone is 2. The van der Waals surface area contributed by atoms with Gasteiger partial charge in [-0.2, -0.15) is 0 Å². The van der Waals surface area contributed by atoms with E-state index in [4.69, 9.17) is 4.74 Å². The average Bonchev–Trinajstić information content (AvgIpc) is 2.63. The highest BCUT2D eigenvalue weighted by atomic mass is 16.5. The number of benzene rings is 2. The van der Waals surface area contributed by atoms with E-state index in [1.165, 1.54) is 25.3 Å². The summed E-state index contributed by atoms with van der Waals surface area (Å²) in [4.78, 5) is 23.9. The van der Waals surface area contributed by atoms with E-state index >= 15 is 0 Å². The highest BCUT2D eigenvalue weighted by molar-refractivity contribution is 6.10. The van der Waals surface area contributed by atoms with E-state index in [2.05, 4.69) is 0 Å². The molecular formula is C22H22O5. The molecule has 0 aromatic heterocycles. The summed E-state index contributed by atoms with van der Waals surface area (Å²) in [6.45, 7) is 3.57. The second-order valence-corrected chi connectivity index (χ2v) is 6.21. The van der Waals surface area contributed by atoms with Crippen LogP contribution in [0, 0.1) is 13.8 Å². The van der Waals surface area contributed by atoms with Crippen molar-refractivity contribution in [3.63, 3.8) is 0 Å². The molecule has 27 heavy (non-hydrogen) atoms. The number of phenols is 2. The van der Waals surface area contributed by atoms with Gasteiger partial charge in [0.15, 0.2) is 23.1 Å². The van der Waals surface area contributed by atoms with Gasteiger partial charge in [-0.3, -0.25) is 9.59 Å². The number of rotatable bonds is 7. The Kier molecular flexibility index (Phi) is 6.55. The summed E-state index contributed by atoms with van der Waals surface area (Å²) in [7, 11) is 1.44. The van der Waals surface area contributed by atoms with E-state index in [1.54, 1.807) is 50.3 Å². The summed E-state index contributed by atoms with van der Waals surface area (Å²) in [6, 6.07) is 8.24. The average molecular weight is 366 g/mol. The second-order valence-electron chi connectivity index (χ2n) is 6.21. The van der Waals surface area contributed by atoms with Crippen LogP contribution in [0.5, 0.6) is 17.2 Å². The van der Waals surface area contributed by atoms with Crippen molar-refractivity contribution in [2.75, 3.05) is 7.11 Å². The van der Waals surface area contributed by atoms with E-state index in [0.29, 0.717) is 11.3 Å². The molecule has 0 radical (unpaired) electrons. The third kappa shape index (κ3) is 5.57. The number of aryl methyl sites for hydroxylation is 2. The molecule has 0 fully saturated rings. The quantitative estimate of drug-likeness (QED) is 0.572. The van der Waals surface area contributed by atoms with Gasteiger partial charge in [0.05, 0.1) is 13.5 Å². The molecular weight excluding hydrogens is 344 g/mol. The number of ketones is 2. The predicted octanol–water partition coefficient (Wildman–Crippen LogP) is 3.98. The largest absolute Gasteiger partial charge is 0.507 e. The minimum atomic E-state index is -0.324. The van der Waals surface area contributed by atoms with Crippen LogP contribution < -0.4 is 4.74 Å². The Labute approximate surface area is 158 Å². The van der Waals surface area contributed by atoms with E-state index in [1.807, 2.05) is 0 Å². The van der Waals surface area contributed by atoms with Gasteiger partial charge in [0.25, 0.3) is 0 Å². The maximum Gasteiger partial charge on any atom is 0.163 e. The highest BCUT2D eigenvalue weighted by Gasteiger charge is 2.06. The fourth-order valence-corrected chi connectivity index (χ4v) is 2.55. The van der Waals surface area contributed by atoms with Crippen LogP contribution >= 0.6 is 0 Å². The number of hydrogen-bond acceptors (Lipinski definition) is 5. The van der Waals surface area contributed by atoms with Crippen molar-refractivity contribution < 1.29 is 24.5 Å². The lowest BCUT2D eigenvalue weighted by Gasteiger charge is -2.04. The Hall–Kier alpha value is -3.34. The van der Waals surface area contributed by atoms with Gasteiger partial charge in [-0.15, -0.1) is 0 Å². The molecule has 2 N–H and O–H groups in total. The van der Waals surface area contributed by atoms with E-state index in [-0.39, 0.29) is 29.5 Å². The van der Waals surface area contributed by atoms with Gasteiger partial charge < -0.3 is 14.9 Å². The minimum absolute atomic E-state index is 0.0148. The zero-order valence-corrected chi connectivity index (χ0v) is 15.5. The Morgan fingerprint density at radius 2 is 1.48 bits per heavy atom. The molecule has 0 atom stereocenters. The van der Waals surface area contributed by atoms with Crippen LogP contribution in [-0.2, 0) is 9.59 Å². The molecule has 2 aromatic rings. The fourth-order valence-electron chi connectivity index (χ4n) is 2.55. The van der Waals surface area contributed by atoms with Gasteiger partial charge in [-0.25, -0.2) is 0 Å². The number of phenolic OH excluding ortho intramolecular Hbond substituents is 2. The Morgan fingerprint density at radius 1 is 0.926 bits per heavy atom. The molecule has 0 spiro atoms. The van der Waals surface area contributed by atoms with Gasteiger partial charge in [-0.05, 0) is 72.5 Å². The van der Waals surface area contributed by atoms with Crippen molar-refractivity contribution in [2.45, 2.75) is 20.3 Å². The van der Waals surface area contributed by atoms with Crippen LogP contribution in [0.1, 0.15) is 28.7 Å². The van der Waals surface area contributed by atoms with Crippen molar-refractivity contribution in [3.8, 4) is 17.2 Å². The molecule has 0 amide bonds. The number of methoxy groups -OCH3 is 1. The van der Waals surface area contributed by atoms with E-state index in [9.17, 15) is 19.8 Å². The zero-order valence-electron chi connectivity index (χ0n) is 15.5. The first-order valence-electron chi connectivity index (χ1n) is 8.39. The van der Waals surface area contributed by atoms with E-state index < -0.39 is 0 Å². The number of carbonyl (C=O) groups is 2. The summed E-state index contributed by atoms with van der Waals surface area (Å²) in [5.74, 6) is -0.0696. The van der Waals surface area contributed by atoms with Gasteiger partial charge in [0.1, 0.15) is 5.75 Å². The topological polar surface area (TPSA) is 83.8 Å². The predicted molar refractivity (Wildman–Crippen MR) is 105 cm³/mol. The minimum Gasteiger partial charge on any atom is -0.507 e. The fraction of sp³-hybridized carbons (Fsp3) is 0.182. The van der Waals surface area contributed by atoms with Crippen molar-refractivity contribution in [3.05, 3.63) is 64.7 Å². The number of carbonyl (C=O) groups excluding carboxylic acids is 2. The lowest BCUT2D eigenvalue weighted by Crippen LogP contribution is -2.01. The maximum atomic E-state index is 12.0. The molecule has 0 aliphatic heterocycles. The molecule has 5 nitrogen and oxygen atoms in total.